The van der Waals surface area contributed by atoms with Gasteiger partial charge in [-0.3, -0.25) is 4.79 Å². The van der Waals surface area contributed by atoms with Gasteiger partial charge in [0.05, 0.1) is 0 Å². The van der Waals surface area contributed by atoms with E-state index in [4.69, 9.17) is 5.11 Å². The van der Waals surface area contributed by atoms with Gasteiger partial charge in [0.25, 0.3) is 0 Å². The molecule has 2 fully saturated rings. The highest BCUT2D eigenvalue weighted by Gasteiger charge is 2.33. The topological polar surface area (TPSA) is 37.3 Å². The minimum absolute atomic E-state index is 0.0608. The van der Waals surface area contributed by atoms with Crippen LogP contribution in [0.25, 0.3) is 0 Å². The van der Waals surface area contributed by atoms with Crippen LogP contribution in [0.2, 0.25) is 0 Å². The van der Waals surface area contributed by atoms with Gasteiger partial charge in [-0.15, -0.1) is 0 Å². The molecule has 0 aromatic rings. The van der Waals surface area contributed by atoms with Gasteiger partial charge < -0.3 is 5.11 Å². The molecule has 0 radical (unpaired) electrons. The van der Waals surface area contributed by atoms with Crippen LogP contribution in [-0.2, 0) is 4.79 Å². The maximum absolute atomic E-state index is 11.0. The SMILES string of the molecule is CC1CCCC2CCCC12.CCCCC(=O)C(C)(C)O. The molecule has 0 aromatic heterocycles. The number of ketones is 1. The van der Waals surface area contributed by atoms with Crippen molar-refractivity contribution in [3.8, 4) is 0 Å². The summed E-state index contributed by atoms with van der Waals surface area (Å²) in [4.78, 5) is 11.0. The van der Waals surface area contributed by atoms with E-state index in [0.717, 1.165) is 30.6 Å². The van der Waals surface area contributed by atoms with Crippen molar-refractivity contribution in [2.45, 2.75) is 91.1 Å². The summed E-state index contributed by atoms with van der Waals surface area (Å²) in [5, 5.41) is 9.16. The average molecular weight is 282 g/mol. The minimum Gasteiger partial charge on any atom is -0.383 e. The molecule has 2 saturated carbocycles. The fourth-order valence-corrected chi connectivity index (χ4v) is 3.73. The van der Waals surface area contributed by atoms with Crippen molar-refractivity contribution in [2.75, 3.05) is 0 Å². The molecule has 0 aliphatic heterocycles. The van der Waals surface area contributed by atoms with E-state index in [0.29, 0.717) is 6.42 Å². The van der Waals surface area contributed by atoms with Crippen LogP contribution in [0.3, 0.4) is 0 Å². The van der Waals surface area contributed by atoms with E-state index in [-0.39, 0.29) is 5.78 Å². The molecule has 2 rings (SSSR count). The van der Waals surface area contributed by atoms with Gasteiger partial charge in [-0.05, 0) is 44.4 Å². The van der Waals surface area contributed by atoms with E-state index >= 15 is 0 Å². The summed E-state index contributed by atoms with van der Waals surface area (Å²) in [6.07, 6.45) is 11.6. The quantitative estimate of drug-likeness (QED) is 0.808. The molecule has 0 bridgehead atoms. The molecule has 2 aliphatic carbocycles. The van der Waals surface area contributed by atoms with Gasteiger partial charge in [0.15, 0.2) is 5.78 Å². The Kier molecular flexibility index (Phi) is 7.22. The Balaban J connectivity index is 0.000000200. The van der Waals surface area contributed by atoms with Gasteiger partial charge in [0.1, 0.15) is 5.60 Å². The maximum Gasteiger partial charge on any atom is 0.163 e. The molecule has 1 N–H and O–H groups in total. The average Bonchev–Trinajstić information content (AvgIpc) is 2.85. The summed E-state index contributed by atoms with van der Waals surface area (Å²) in [6.45, 7) is 7.55. The molecule has 0 heterocycles. The van der Waals surface area contributed by atoms with Gasteiger partial charge >= 0.3 is 0 Å². The number of hydrogen-bond donors (Lipinski definition) is 1. The lowest BCUT2D eigenvalue weighted by Crippen LogP contribution is -2.30. The van der Waals surface area contributed by atoms with Crippen molar-refractivity contribution in [2.24, 2.45) is 17.8 Å². The molecule has 0 saturated heterocycles. The molecule has 0 amide bonds. The van der Waals surface area contributed by atoms with Gasteiger partial charge in [0.2, 0.25) is 0 Å². The van der Waals surface area contributed by atoms with Crippen molar-refractivity contribution < 1.29 is 9.90 Å². The minimum atomic E-state index is -1.13. The predicted molar refractivity (Wildman–Crippen MR) is 84.7 cm³/mol. The molecule has 2 nitrogen and oxygen atoms in total. The van der Waals surface area contributed by atoms with E-state index in [2.05, 4.69) is 6.92 Å². The Morgan fingerprint density at radius 2 is 1.75 bits per heavy atom. The molecule has 0 spiro atoms. The second-order valence-electron chi connectivity index (χ2n) is 7.35. The van der Waals surface area contributed by atoms with Crippen molar-refractivity contribution in [1.82, 2.24) is 0 Å². The first kappa shape index (κ1) is 17.7. The van der Waals surface area contributed by atoms with Gasteiger partial charge in [-0.2, -0.15) is 0 Å². The Morgan fingerprint density at radius 3 is 2.25 bits per heavy atom. The van der Waals surface area contributed by atoms with Crippen LogP contribution < -0.4 is 0 Å². The number of hydrogen-bond acceptors (Lipinski definition) is 2. The van der Waals surface area contributed by atoms with Gasteiger partial charge in [0, 0.05) is 6.42 Å². The van der Waals surface area contributed by atoms with E-state index in [1.165, 1.54) is 33.1 Å². The highest BCUT2D eigenvalue weighted by molar-refractivity contribution is 5.86. The van der Waals surface area contributed by atoms with Crippen LogP contribution in [-0.4, -0.2) is 16.5 Å². The van der Waals surface area contributed by atoms with Crippen LogP contribution >= 0.6 is 0 Å². The molecular formula is C18H34O2. The maximum atomic E-state index is 11.0. The third-order valence-electron chi connectivity index (χ3n) is 5.12. The first-order valence-corrected chi connectivity index (χ1v) is 8.62. The molecule has 20 heavy (non-hydrogen) atoms. The monoisotopic (exact) mass is 282 g/mol. The van der Waals surface area contributed by atoms with Gasteiger partial charge in [-0.25, -0.2) is 0 Å². The summed E-state index contributed by atoms with van der Waals surface area (Å²) in [7, 11) is 0. The molecule has 3 unspecified atom stereocenters. The van der Waals surface area contributed by atoms with Crippen molar-refractivity contribution >= 4 is 5.78 Å². The number of carbonyl (C=O) groups is 1. The molecular weight excluding hydrogens is 248 g/mol. The Labute approximate surface area is 125 Å². The lowest BCUT2D eigenvalue weighted by molar-refractivity contribution is -0.134. The van der Waals surface area contributed by atoms with Crippen LogP contribution in [0.15, 0.2) is 0 Å². The number of carbonyl (C=O) groups excluding carboxylic acids is 1. The standard InChI is InChI=1S/C10H18.C8H16O2/c1-8-4-2-5-9-6-3-7-10(8)9;1-4-5-6-7(9)8(2,3)10/h8-10H,2-7H2,1H3;10H,4-6H2,1-3H3. The van der Waals surface area contributed by atoms with E-state index < -0.39 is 5.60 Å². The Hall–Kier alpha value is -0.370. The fourth-order valence-electron chi connectivity index (χ4n) is 3.73. The summed E-state index contributed by atoms with van der Waals surface area (Å²) >= 11 is 0. The van der Waals surface area contributed by atoms with Crippen molar-refractivity contribution in [3.05, 3.63) is 0 Å². The van der Waals surface area contributed by atoms with Crippen molar-refractivity contribution in [1.29, 1.82) is 0 Å². The first-order chi connectivity index (χ1) is 9.36. The molecule has 2 aliphatic rings. The predicted octanol–water partition coefficient (Wildman–Crippen LogP) is 4.74. The van der Waals surface area contributed by atoms with Crippen LogP contribution in [0.1, 0.15) is 85.5 Å². The summed E-state index contributed by atoms with van der Waals surface area (Å²) in [5.41, 5.74) is -1.13. The number of unbranched alkanes of at least 4 members (excludes halogenated alkanes) is 1. The number of rotatable bonds is 4. The summed E-state index contributed by atoms with van der Waals surface area (Å²) in [6, 6.07) is 0. The second-order valence-corrected chi connectivity index (χ2v) is 7.35. The normalized spacial score (nSPS) is 29.4. The smallest absolute Gasteiger partial charge is 0.163 e. The number of Topliss-reactive ketones (excluding diaryl/α,β-unsaturated/α-hetero) is 1. The largest absolute Gasteiger partial charge is 0.383 e. The second kappa shape index (κ2) is 8.17. The number of fused-ring (bicyclic) bond motifs is 1. The van der Waals surface area contributed by atoms with Crippen LogP contribution in [0, 0.1) is 17.8 Å². The van der Waals surface area contributed by atoms with E-state index in [9.17, 15) is 4.79 Å². The van der Waals surface area contributed by atoms with Gasteiger partial charge in [-0.1, -0.05) is 52.4 Å². The summed E-state index contributed by atoms with van der Waals surface area (Å²) in [5.74, 6) is 3.27. The highest BCUT2D eigenvalue weighted by Crippen LogP contribution is 2.44. The Bertz CT molecular complexity index is 290. The zero-order valence-corrected chi connectivity index (χ0v) is 14.0. The van der Waals surface area contributed by atoms with Crippen molar-refractivity contribution in [3.63, 3.8) is 0 Å². The van der Waals surface area contributed by atoms with E-state index in [1.54, 1.807) is 19.3 Å². The fraction of sp³-hybridized carbons (Fsp3) is 0.944. The molecule has 118 valence electrons. The molecule has 3 atom stereocenters. The summed E-state index contributed by atoms with van der Waals surface area (Å²) < 4.78 is 0. The Morgan fingerprint density at radius 1 is 1.15 bits per heavy atom. The van der Waals surface area contributed by atoms with E-state index in [1.807, 2.05) is 6.92 Å². The van der Waals surface area contributed by atoms with Crippen LogP contribution in [0.4, 0.5) is 0 Å². The molecule has 2 heteroatoms. The lowest BCUT2D eigenvalue weighted by atomic mass is 9.75. The third kappa shape index (κ3) is 5.55. The highest BCUT2D eigenvalue weighted by atomic mass is 16.3. The molecule has 0 aromatic carbocycles. The van der Waals surface area contributed by atoms with Crippen LogP contribution in [0.5, 0.6) is 0 Å². The zero-order chi connectivity index (χ0) is 15.2. The number of aliphatic hydroxyl groups is 1. The first-order valence-electron chi connectivity index (χ1n) is 8.62. The lowest BCUT2D eigenvalue weighted by Gasteiger charge is -2.31. The zero-order valence-electron chi connectivity index (χ0n) is 14.0. The third-order valence-corrected chi connectivity index (χ3v) is 5.12.